The number of nitrogens with zero attached hydrogens (tertiary/aromatic N) is 2. The summed E-state index contributed by atoms with van der Waals surface area (Å²) in [6, 6.07) is -0.581. The van der Waals surface area contributed by atoms with Crippen LogP contribution in [0.4, 0.5) is 0 Å². The van der Waals surface area contributed by atoms with E-state index in [9.17, 15) is 0 Å². The van der Waals surface area contributed by atoms with Crippen molar-refractivity contribution in [3.05, 3.63) is 12.2 Å². The lowest BCUT2D eigenvalue weighted by molar-refractivity contribution is 0.146. The van der Waals surface area contributed by atoms with E-state index in [1.54, 1.807) is 6.92 Å². The fourth-order valence-corrected chi connectivity index (χ4v) is 0.535. The van der Waals surface area contributed by atoms with Gasteiger partial charge in [-0.15, -0.1) is 0 Å². The van der Waals surface area contributed by atoms with Crippen LogP contribution >= 0.6 is 0 Å². The monoisotopic (exact) mass is 143 g/mol. The van der Waals surface area contributed by atoms with E-state index in [1.165, 1.54) is 6.33 Å². The second-order valence-electron chi connectivity index (χ2n) is 2.05. The fourth-order valence-electron chi connectivity index (χ4n) is 0.535. The molecule has 1 heterocycles. The maximum atomic E-state index is 8.94. The minimum Gasteiger partial charge on any atom is -0.391 e. The van der Waals surface area contributed by atoms with Crippen LogP contribution in [0.5, 0.6) is 0 Å². The molecule has 5 heteroatoms. The van der Waals surface area contributed by atoms with Crippen LogP contribution in [0.15, 0.2) is 10.9 Å². The van der Waals surface area contributed by atoms with Crippen molar-refractivity contribution in [2.45, 2.75) is 19.1 Å². The molecule has 0 saturated heterocycles. The molecule has 0 radical (unpaired) electrons. The molecule has 0 aliphatic heterocycles. The predicted octanol–water partition coefficient (Wildman–Crippen LogP) is -0.550. The van der Waals surface area contributed by atoms with E-state index >= 15 is 0 Å². The lowest BCUT2D eigenvalue weighted by Crippen LogP contribution is -2.23. The van der Waals surface area contributed by atoms with E-state index in [1.807, 2.05) is 0 Å². The standard InChI is InChI=1S/C5H9N3O2/c1-3(9)4(6)5-7-2-8-10-5/h2-4,9H,6H2,1H3/t3-,4+/m1/s1. The Labute approximate surface area is 57.8 Å². The molecule has 0 aliphatic rings. The van der Waals surface area contributed by atoms with Gasteiger partial charge in [0.15, 0.2) is 6.33 Å². The van der Waals surface area contributed by atoms with Gasteiger partial charge in [-0.25, -0.2) is 0 Å². The Morgan fingerprint density at radius 2 is 2.50 bits per heavy atom. The molecule has 0 aliphatic carbocycles. The Morgan fingerprint density at radius 1 is 1.80 bits per heavy atom. The number of aromatic nitrogens is 2. The van der Waals surface area contributed by atoms with Gasteiger partial charge in [-0.1, -0.05) is 5.16 Å². The van der Waals surface area contributed by atoms with E-state index in [4.69, 9.17) is 10.8 Å². The third kappa shape index (κ3) is 1.31. The minimum atomic E-state index is -0.666. The zero-order valence-electron chi connectivity index (χ0n) is 5.56. The van der Waals surface area contributed by atoms with Crippen molar-refractivity contribution >= 4 is 0 Å². The number of aliphatic hydroxyl groups is 1. The molecule has 10 heavy (non-hydrogen) atoms. The molecule has 1 aromatic rings. The summed E-state index contributed by atoms with van der Waals surface area (Å²) in [6.07, 6.45) is 0.581. The first-order valence-corrected chi connectivity index (χ1v) is 2.92. The lowest BCUT2D eigenvalue weighted by Gasteiger charge is -2.07. The maximum absolute atomic E-state index is 8.94. The third-order valence-corrected chi connectivity index (χ3v) is 1.18. The van der Waals surface area contributed by atoms with Crippen LogP contribution in [0, 0.1) is 0 Å². The molecule has 2 atom stereocenters. The Morgan fingerprint density at radius 3 is 2.90 bits per heavy atom. The molecule has 0 fully saturated rings. The van der Waals surface area contributed by atoms with Crippen LogP contribution in [0.3, 0.4) is 0 Å². The highest BCUT2D eigenvalue weighted by Gasteiger charge is 2.16. The van der Waals surface area contributed by atoms with Gasteiger partial charge in [0.1, 0.15) is 6.04 Å². The average molecular weight is 143 g/mol. The number of aliphatic hydroxyl groups excluding tert-OH is 1. The van der Waals surface area contributed by atoms with Crippen molar-refractivity contribution in [1.29, 1.82) is 0 Å². The van der Waals surface area contributed by atoms with Gasteiger partial charge in [0.2, 0.25) is 5.89 Å². The number of hydrogen-bond acceptors (Lipinski definition) is 5. The van der Waals surface area contributed by atoms with Crippen molar-refractivity contribution < 1.29 is 9.63 Å². The molecule has 1 rings (SSSR count). The highest BCUT2D eigenvalue weighted by molar-refractivity contribution is 4.87. The van der Waals surface area contributed by atoms with E-state index < -0.39 is 12.1 Å². The Bertz CT molecular complexity index is 185. The summed E-state index contributed by atoms with van der Waals surface area (Å²) in [5.74, 6) is 0.259. The zero-order chi connectivity index (χ0) is 7.56. The Balaban J connectivity index is 2.68. The van der Waals surface area contributed by atoms with Gasteiger partial charge in [0.05, 0.1) is 6.10 Å². The second kappa shape index (κ2) is 2.76. The summed E-state index contributed by atoms with van der Waals surface area (Å²) in [6.45, 7) is 1.56. The molecular weight excluding hydrogens is 134 g/mol. The summed E-state index contributed by atoms with van der Waals surface area (Å²) in [7, 11) is 0. The molecule has 0 aromatic carbocycles. The quantitative estimate of drug-likeness (QED) is 0.580. The SMILES string of the molecule is C[C@@H](O)[C@H](N)c1ncno1. The molecule has 0 spiro atoms. The topological polar surface area (TPSA) is 85.2 Å². The minimum absolute atomic E-state index is 0.259. The van der Waals surface area contributed by atoms with Crippen LogP contribution in [-0.2, 0) is 0 Å². The summed E-state index contributed by atoms with van der Waals surface area (Å²) >= 11 is 0. The van der Waals surface area contributed by atoms with Gasteiger partial charge in [0.25, 0.3) is 0 Å². The van der Waals surface area contributed by atoms with E-state index in [0.717, 1.165) is 0 Å². The number of rotatable bonds is 2. The van der Waals surface area contributed by atoms with Crippen LogP contribution < -0.4 is 5.73 Å². The summed E-state index contributed by atoms with van der Waals surface area (Å²) in [4.78, 5) is 3.67. The molecule has 56 valence electrons. The van der Waals surface area contributed by atoms with Crippen LogP contribution in [0.25, 0.3) is 0 Å². The van der Waals surface area contributed by atoms with Crippen molar-refractivity contribution in [3.8, 4) is 0 Å². The molecule has 0 amide bonds. The number of hydrogen-bond donors (Lipinski definition) is 2. The van der Waals surface area contributed by atoms with Gasteiger partial charge < -0.3 is 15.4 Å². The zero-order valence-corrected chi connectivity index (χ0v) is 5.56. The smallest absolute Gasteiger partial charge is 0.245 e. The van der Waals surface area contributed by atoms with E-state index in [2.05, 4.69) is 14.7 Å². The predicted molar refractivity (Wildman–Crippen MR) is 32.9 cm³/mol. The Hall–Kier alpha value is -0.940. The fraction of sp³-hybridized carbons (Fsp3) is 0.600. The highest BCUT2D eigenvalue weighted by atomic mass is 16.5. The normalized spacial score (nSPS) is 16.7. The lowest BCUT2D eigenvalue weighted by atomic mass is 10.2. The maximum Gasteiger partial charge on any atom is 0.245 e. The first-order chi connectivity index (χ1) is 4.72. The third-order valence-electron chi connectivity index (χ3n) is 1.18. The highest BCUT2D eigenvalue weighted by Crippen LogP contribution is 2.08. The van der Waals surface area contributed by atoms with Crippen LogP contribution in [0.2, 0.25) is 0 Å². The van der Waals surface area contributed by atoms with Crippen LogP contribution in [0.1, 0.15) is 18.9 Å². The first kappa shape index (κ1) is 7.17. The molecule has 0 unspecified atom stereocenters. The summed E-state index contributed by atoms with van der Waals surface area (Å²) < 4.78 is 4.61. The van der Waals surface area contributed by atoms with Gasteiger partial charge >= 0.3 is 0 Å². The summed E-state index contributed by atoms with van der Waals surface area (Å²) in [5.41, 5.74) is 5.44. The van der Waals surface area contributed by atoms with Crippen LogP contribution in [-0.4, -0.2) is 21.4 Å². The average Bonchev–Trinajstić information content (AvgIpc) is 2.36. The van der Waals surface area contributed by atoms with Gasteiger partial charge in [-0.05, 0) is 6.92 Å². The largest absolute Gasteiger partial charge is 0.391 e. The Kier molecular flexibility index (Phi) is 1.98. The number of nitrogens with two attached hydrogens (primary N) is 1. The van der Waals surface area contributed by atoms with Gasteiger partial charge in [0, 0.05) is 0 Å². The van der Waals surface area contributed by atoms with Gasteiger partial charge in [-0.3, -0.25) is 0 Å². The molecular formula is C5H9N3O2. The second-order valence-corrected chi connectivity index (χ2v) is 2.05. The van der Waals surface area contributed by atoms with E-state index in [0.29, 0.717) is 0 Å². The van der Waals surface area contributed by atoms with Crippen molar-refractivity contribution in [3.63, 3.8) is 0 Å². The molecule has 1 aromatic heterocycles. The molecule has 5 nitrogen and oxygen atoms in total. The molecule has 0 bridgehead atoms. The van der Waals surface area contributed by atoms with Gasteiger partial charge in [-0.2, -0.15) is 4.98 Å². The van der Waals surface area contributed by atoms with Crippen molar-refractivity contribution in [2.24, 2.45) is 5.73 Å². The van der Waals surface area contributed by atoms with E-state index in [-0.39, 0.29) is 5.89 Å². The molecule has 0 saturated carbocycles. The van der Waals surface area contributed by atoms with Crippen molar-refractivity contribution in [2.75, 3.05) is 0 Å². The first-order valence-electron chi connectivity index (χ1n) is 2.92. The van der Waals surface area contributed by atoms with Crippen molar-refractivity contribution in [1.82, 2.24) is 10.1 Å². The summed E-state index contributed by atoms with van der Waals surface area (Å²) in [5, 5.41) is 12.3. The molecule has 3 N–H and O–H groups in total.